The molecule has 676 valence electrons. The molecule has 15 atom stereocenters. The maximum Gasteiger partial charge on any atom is 0.0130 e. The van der Waals surface area contributed by atoms with Crippen LogP contribution in [0.5, 0.6) is 0 Å². The molecule has 21 fully saturated rings. The van der Waals surface area contributed by atoms with Crippen LogP contribution in [-0.2, 0) is 0 Å². The lowest BCUT2D eigenvalue weighted by Gasteiger charge is -2.51. The predicted molar refractivity (Wildman–Crippen MR) is 505 cm³/mol. The van der Waals surface area contributed by atoms with Crippen LogP contribution in [0.2, 0.25) is 0 Å². The van der Waals surface area contributed by atoms with Crippen LogP contribution in [0, 0.1) is 87.8 Å². The van der Waals surface area contributed by atoms with Gasteiger partial charge >= 0.3 is 0 Å². The molecule has 1 spiro atoms. The normalized spacial score (nSPS) is 38.2. The molecule has 0 amide bonds. The molecule has 16 bridgehead atoms. The highest BCUT2D eigenvalue weighted by Gasteiger charge is 2.62. The van der Waals surface area contributed by atoms with Gasteiger partial charge in [0.05, 0.1) is 0 Å². The quantitative estimate of drug-likeness (QED) is 0.237. The average Bonchev–Trinajstić information content (AvgIpc) is 1.55. The SMILES string of the molecule is CC(C)(C)C1C2CCCC1CC2.CC(C)(C)N1C2CCCC1CC2.CC(C)(C)N1CC2CCC1C2.CC(C)(C)N1CC2CCC1CC2.CC(C)(C)N1CC2CCCC(CC2)C1.CC(C)(C)N1CC2CCCC(CC2)C1.CC(C)(C)N1CCC2CCC1CC2.CC(C)(C)N1CCC2CCCC1C2.CC(C)(C)N1CCC2CCCC23CC3C1. The zero-order valence-electron chi connectivity index (χ0n) is 83.3. The van der Waals surface area contributed by atoms with E-state index >= 15 is 0 Å². The number of likely N-dealkylation sites (tertiary alicyclic amines) is 5. The monoisotopic (exact) mass is 1610 g/mol. The maximum atomic E-state index is 2.77. The van der Waals surface area contributed by atoms with Crippen molar-refractivity contribution in [3.8, 4) is 0 Å². The summed E-state index contributed by atoms with van der Waals surface area (Å²) in [5.41, 5.74) is 4.61. The number of rotatable bonds is 0. The first-order valence-electron chi connectivity index (χ1n) is 52.2. The Kier molecular flexibility index (Phi) is 33.1. The summed E-state index contributed by atoms with van der Waals surface area (Å²) in [6, 6.07) is 5.49. The fourth-order valence-electron chi connectivity index (χ4n) is 29.5. The molecular formula is C108H204N8. The van der Waals surface area contributed by atoms with Crippen LogP contribution in [0.25, 0.3) is 0 Å². The van der Waals surface area contributed by atoms with Crippen molar-refractivity contribution in [3.05, 3.63) is 0 Å². The molecule has 0 aromatic rings. The van der Waals surface area contributed by atoms with E-state index in [4.69, 9.17) is 0 Å². The van der Waals surface area contributed by atoms with Crippen molar-refractivity contribution < 1.29 is 0 Å². The summed E-state index contributed by atoms with van der Waals surface area (Å²) >= 11 is 0. The van der Waals surface area contributed by atoms with Gasteiger partial charge in [0.1, 0.15) is 0 Å². The van der Waals surface area contributed by atoms with E-state index in [-0.39, 0.29) is 0 Å². The van der Waals surface area contributed by atoms with Gasteiger partial charge in [-0.2, -0.15) is 0 Å². The Balaban J connectivity index is 0.000000128. The second-order valence-electron chi connectivity index (χ2n) is 53.4. The highest BCUT2D eigenvalue weighted by molar-refractivity contribution is 5.12. The Hall–Kier alpha value is -0.320. The van der Waals surface area contributed by atoms with Gasteiger partial charge in [-0.3, -0.25) is 39.2 Å². The minimum atomic E-state index is 0.387. The zero-order chi connectivity index (χ0) is 84.4. The molecule has 116 heavy (non-hydrogen) atoms. The van der Waals surface area contributed by atoms with Gasteiger partial charge in [-0.25, -0.2) is 0 Å². The first-order valence-corrected chi connectivity index (χ1v) is 52.2. The van der Waals surface area contributed by atoms with E-state index in [1.165, 1.54) is 322 Å². The molecule has 10 saturated carbocycles. The van der Waals surface area contributed by atoms with Gasteiger partial charge in [0, 0.05) is 126 Å². The molecule has 10 aliphatic carbocycles. The van der Waals surface area contributed by atoms with E-state index < -0.39 is 0 Å². The van der Waals surface area contributed by atoms with Crippen LogP contribution in [0.15, 0.2) is 0 Å². The summed E-state index contributed by atoms with van der Waals surface area (Å²) in [5.74, 6) is 13.6. The molecule has 8 nitrogen and oxygen atoms in total. The highest BCUT2D eigenvalue weighted by atomic mass is 15.3. The smallest absolute Gasteiger partial charge is 0.0130 e. The van der Waals surface area contributed by atoms with E-state index in [2.05, 4.69) is 226 Å². The van der Waals surface area contributed by atoms with Gasteiger partial charge in [-0.05, 0) is 485 Å². The summed E-state index contributed by atoms with van der Waals surface area (Å²) in [6.07, 6.45) is 62.6. The largest absolute Gasteiger partial charge is 0.298 e. The first kappa shape index (κ1) is 96.3. The first-order chi connectivity index (χ1) is 54.1. The summed E-state index contributed by atoms with van der Waals surface area (Å²) in [7, 11) is 0. The fraction of sp³-hybridized carbons (Fsp3) is 1.00. The lowest BCUT2D eigenvalue weighted by molar-refractivity contribution is -0.0163. The van der Waals surface area contributed by atoms with Gasteiger partial charge in [0.15, 0.2) is 0 Å². The molecule has 11 heterocycles. The molecule has 11 aliphatic heterocycles. The minimum Gasteiger partial charge on any atom is -0.298 e. The third-order valence-electron chi connectivity index (χ3n) is 35.8. The third-order valence-corrected chi connectivity index (χ3v) is 35.8. The summed E-state index contributed by atoms with van der Waals surface area (Å²) in [5, 5.41) is 0. The highest BCUT2D eigenvalue weighted by Crippen LogP contribution is 2.68. The molecule has 0 aromatic carbocycles. The number of piperidine rings is 5. The summed E-state index contributed by atoms with van der Waals surface area (Å²) in [6.45, 7) is 77.7. The van der Waals surface area contributed by atoms with Crippen LogP contribution >= 0.6 is 0 Å². The molecule has 11 saturated heterocycles. The van der Waals surface area contributed by atoms with Crippen molar-refractivity contribution in [1.29, 1.82) is 0 Å². The molecule has 15 unspecified atom stereocenters. The molecule has 21 rings (SSSR count). The maximum absolute atomic E-state index is 2.77. The second-order valence-corrected chi connectivity index (χ2v) is 53.4. The Morgan fingerprint density at radius 3 is 0.957 bits per heavy atom. The predicted octanol–water partition coefficient (Wildman–Crippen LogP) is 27.6. The molecular weight excluding hydrogens is 1410 g/mol. The van der Waals surface area contributed by atoms with E-state index in [1.807, 2.05) is 0 Å². The number of hydrogen-bond acceptors (Lipinski definition) is 8. The molecule has 0 aromatic heterocycles. The van der Waals surface area contributed by atoms with E-state index in [1.54, 1.807) is 12.8 Å². The number of nitrogens with zero attached hydrogens (tertiary/aromatic N) is 8. The van der Waals surface area contributed by atoms with Crippen LogP contribution in [-0.4, -0.2) is 185 Å². The molecule has 0 N–H and O–H groups in total. The van der Waals surface area contributed by atoms with Gasteiger partial charge in [0.2, 0.25) is 0 Å². The Morgan fingerprint density at radius 1 is 0.216 bits per heavy atom. The number of fused-ring (bicyclic) bond motifs is 21. The summed E-state index contributed by atoms with van der Waals surface area (Å²) < 4.78 is 0. The molecule has 8 heteroatoms. The van der Waals surface area contributed by atoms with Crippen molar-refractivity contribution in [1.82, 2.24) is 39.2 Å². The topological polar surface area (TPSA) is 25.9 Å². The third kappa shape index (κ3) is 26.4. The average molecular weight is 1610 g/mol. The van der Waals surface area contributed by atoms with Gasteiger partial charge in [-0.15, -0.1) is 0 Å². The van der Waals surface area contributed by atoms with Crippen molar-refractivity contribution in [3.63, 3.8) is 0 Å². The van der Waals surface area contributed by atoms with Gasteiger partial charge in [-0.1, -0.05) is 78.6 Å². The van der Waals surface area contributed by atoms with Crippen molar-refractivity contribution in [2.24, 2.45) is 87.8 Å². The zero-order valence-corrected chi connectivity index (χ0v) is 83.3. The van der Waals surface area contributed by atoms with Crippen LogP contribution < -0.4 is 0 Å². The number of hydrogen-bond donors (Lipinski definition) is 0. The lowest BCUT2D eigenvalue weighted by Crippen LogP contribution is -2.56. The van der Waals surface area contributed by atoms with Crippen LogP contribution in [0.4, 0.5) is 0 Å². The van der Waals surface area contributed by atoms with Crippen molar-refractivity contribution in [2.75, 3.05) is 65.4 Å². The van der Waals surface area contributed by atoms with Crippen LogP contribution in [0.3, 0.4) is 0 Å². The Labute approximate surface area is 725 Å². The Morgan fingerprint density at radius 2 is 0.560 bits per heavy atom. The lowest BCUT2D eigenvalue weighted by atomic mass is 9.66. The van der Waals surface area contributed by atoms with Crippen LogP contribution in [0.1, 0.15) is 457 Å². The fourth-order valence-corrected chi connectivity index (χ4v) is 29.5. The van der Waals surface area contributed by atoms with E-state index in [0.717, 1.165) is 119 Å². The molecule has 0 radical (unpaired) electrons. The van der Waals surface area contributed by atoms with Crippen molar-refractivity contribution >= 4 is 0 Å². The minimum absolute atomic E-state index is 0.387. The standard InChI is InChI=1S/C14H25N.2C13H25N.2C12H23N.C12H22.2C11H21N.C10H19N/c1-13(2,3)15-8-6-11-5-4-7-14(11)9-12(14)10-15;2*1-13(2,3)14-9-11-5-4-6-12(10-14)8-7-11;1-12(2,3)13-9-8-10-4-6-11(13)7-5-10;1-12(2,3)13-8-7-10-5-4-6-11(13)9-10;1-12(2,3)11-9-5-4-6-10(11)8-7-9;1-11(2,3)12-8-9-4-6-10(12)7-5-9;1-11(2,3)12-9-5-4-6-10(12)8-7-9;1-10(2,3)11-7-8-4-5-9(11)6-8/h11-12H,4-10H2,1-3H3;2*11-12H,4-10H2,1-3H3;2*10-11H,4-9H2,1-3H3;9-11H,4-8H2,1-3H3;2*9-10H,4-8H2,1-3H3;8-9H,4-7H2,1-3H3. The second kappa shape index (κ2) is 39.9. The molecule has 21 aliphatic rings. The van der Waals surface area contributed by atoms with Crippen molar-refractivity contribution in [2.45, 2.75) is 537 Å². The Bertz CT molecular complexity index is 2720. The van der Waals surface area contributed by atoms with E-state index in [9.17, 15) is 0 Å². The summed E-state index contributed by atoms with van der Waals surface area (Å²) in [4.78, 5) is 21.9. The van der Waals surface area contributed by atoms with Gasteiger partial charge in [0.25, 0.3) is 0 Å². The van der Waals surface area contributed by atoms with Gasteiger partial charge < -0.3 is 0 Å². The van der Waals surface area contributed by atoms with E-state index in [0.29, 0.717) is 49.7 Å².